The minimum absolute atomic E-state index is 0.291. The molecule has 2 atom stereocenters. The number of methoxy groups -OCH3 is 1. The lowest BCUT2D eigenvalue weighted by molar-refractivity contribution is -0.147. The predicted octanol–water partition coefficient (Wildman–Crippen LogP) is -0.192. The van der Waals surface area contributed by atoms with Crippen LogP contribution in [0, 0.1) is 0 Å². The van der Waals surface area contributed by atoms with Crippen molar-refractivity contribution in [1.29, 1.82) is 0 Å². The van der Waals surface area contributed by atoms with E-state index in [-0.39, 0.29) is 5.91 Å². The van der Waals surface area contributed by atoms with E-state index in [2.05, 4.69) is 5.32 Å². The lowest BCUT2D eigenvalue weighted by Gasteiger charge is -2.16. The van der Waals surface area contributed by atoms with Crippen molar-refractivity contribution in [3.63, 3.8) is 0 Å². The third kappa shape index (κ3) is 6.91. The van der Waals surface area contributed by atoms with Crippen LogP contribution in [0.5, 0.6) is 0 Å². The number of esters is 1. The normalized spacial score (nSPS) is 13.9. The van der Waals surface area contributed by atoms with Crippen molar-refractivity contribution >= 4 is 11.9 Å². The Morgan fingerprint density at radius 1 is 1.41 bits per heavy atom. The van der Waals surface area contributed by atoms with Gasteiger partial charge < -0.3 is 20.5 Å². The van der Waals surface area contributed by atoms with Crippen LogP contribution in [0.1, 0.15) is 26.7 Å². The molecule has 6 nitrogen and oxygen atoms in total. The SMILES string of the molecule is CCOC(=O)C(C)NC(=O)C(N)CCCOC. The maximum Gasteiger partial charge on any atom is 0.328 e. The minimum Gasteiger partial charge on any atom is -0.464 e. The zero-order valence-corrected chi connectivity index (χ0v) is 10.7. The zero-order valence-electron chi connectivity index (χ0n) is 10.7. The molecule has 0 saturated carbocycles. The van der Waals surface area contributed by atoms with Crippen LogP contribution >= 0.6 is 0 Å². The molecule has 2 unspecified atom stereocenters. The highest BCUT2D eigenvalue weighted by Crippen LogP contribution is 1.96. The van der Waals surface area contributed by atoms with Crippen LogP contribution in [0.15, 0.2) is 0 Å². The summed E-state index contributed by atoms with van der Waals surface area (Å²) in [5.41, 5.74) is 5.66. The minimum atomic E-state index is -0.670. The van der Waals surface area contributed by atoms with E-state index in [0.717, 1.165) is 0 Å². The van der Waals surface area contributed by atoms with Gasteiger partial charge in [0.05, 0.1) is 12.6 Å². The van der Waals surface area contributed by atoms with Crippen molar-refractivity contribution in [2.75, 3.05) is 20.3 Å². The topological polar surface area (TPSA) is 90.7 Å². The monoisotopic (exact) mass is 246 g/mol. The van der Waals surface area contributed by atoms with Gasteiger partial charge in [0.2, 0.25) is 5.91 Å². The van der Waals surface area contributed by atoms with Gasteiger partial charge in [0.15, 0.2) is 0 Å². The van der Waals surface area contributed by atoms with E-state index in [9.17, 15) is 9.59 Å². The number of ether oxygens (including phenoxy) is 2. The van der Waals surface area contributed by atoms with Gasteiger partial charge in [-0.25, -0.2) is 4.79 Å². The number of carbonyl (C=O) groups is 2. The van der Waals surface area contributed by atoms with Gasteiger partial charge >= 0.3 is 5.97 Å². The molecule has 3 N–H and O–H groups in total. The summed E-state index contributed by atoms with van der Waals surface area (Å²) in [6, 6.07) is -1.29. The maximum atomic E-state index is 11.6. The van der Waals surface area contributed by atoms with Crippen LogP contribution in [0.2, 0.25) is 0 Å². The molecule has 100 valence electrons. The molecular formula is C11H22N2O4. The average molecular weight is 246 g/mol. The average Bonchev–Trinajstić information content (AvgIpc) is 2.29. The molecule has 0 aromatic heterocycles. The number of hydrogen-bond donors (Lipinski definition) is 2. The fourth-order valence-corrected chi connectivity index (χ4v) is 1.23. The van der Waals surface area contributed by atoms with Gasteiger partial charge in [-0.1, -0.05) is 0 Å². The fourth-order valence-electron chi connectivity index (χ4n) is 1.23. The van der Waals surface area contributed by atoms with Crippen molar-refractivity contribution in [2.24, 2.45) is 5.73 Å². The Morgan fingerprint density at radius 3 is 2.59 bits per heavy atom. The highest BCUT2D eigenvalue weighted by atomic mass is 16.5. The second-order valence-corrected chi connectivity index (χ2v) is 3.72. The van der Waals surface area contributed by atoms with Crippen LogP contribution in [0.25, 0.3) is 0 Å². The molecule has 0 aliphatic carbocycles. The summed E-state index contributed by atoms with van der Waals surface area (Å²) in [4.78, 5) is 22.8. The Bertz CT molecular complexity index is 246. The summed E-state index contributed by atoms with van der Waals surface area (Å²) in [7, 11) is 1.59. The summed E-state index contributed by atoms with van der Waals surface area (Å²) in [5, 5.41) is 2.51. The Hall–Kier alpha value is -1.14. The van der Waals surface area contributed by atoms with Crippen molar-refractivity contribution in [2.45, 2.75) is 38.8 Å². The van der Waals surface area contributed by atoms with Crippen molar-refractivity contribution in [1.82, 2.24) is 5.32 Å². The van der Waals surface area contributed by atoms with Crippen LogP contribution in [-0.4, -0.2) is 44.3 Å². The third-order valence-electron chi connectivity index (χ3n) is 2.20. The highest BCUT2D eigenvalue weighted by Gasteiger charge is 2.20. The first-order valence-corrected chi connectivity index (χ1v) is 5.74. The molecule has 0 aliphatic heterocycles. The van der Waals surface area contributed by atoms with Crippen LogP contribution in [0.4, 0.5) is 0 Å². The molecule has 0 fully saturated rings. The second kappa shape index (κ2) is 8.95. The summed E-state index contributed by atoms with van der Waals surface area (Å²) in [5.74, 6) is -0.799. The van der Waals surface area contributed by atoms with Gasteiger partial charge in [-0.3, -0.25) is 4.79 Å². The Morgan fingerprint density at radius 2 is 2.06 bits per heavy atom. The zero-order chi connectivity index (χ0) is 13.3. The lowest BCUT2D eigenvalue weighted by atomic mass is 10.1. The van der Waals surface area contributed by atoms with Gasteiger partial charge in [-0.2, -0.15) is 0 Å². The van der Waals surface area contributed by atoms with Gasteiger partial charge in [0, 0.05) is 13.7 Å². The van der Waals surface area contributed by atoms with E-state index >= 15 is 0 Å². The first kappa shape index (κ1) is 15.9. The molecule has 0 aromatic rings. The summed E-state index contributed by atoms with van der Waals surface area (Å²) in [6.45, 7) is 4.13. The molecular weight excluding hydrogens is 224 g/mol. The summed E-state index contributed by atoms with van der Waals surface area (Å²) < 4.78 is 9.63. The molecule has 0 aliphatic rings. The largest absolute Gasteiger partial charge is 0.464 e. The van der Waals surface area contributed by atoms with E-state index in [1.54, 1.807) is 21.0 Å². The van der Waals surface area contributed by atoms with Gasteiger partial charge in [-0.05, 0) is 26.7 Å². The third-order valence-corrected chi connectivity index (χ3v) is 2.20. The predicted molar refractivity (Wildman–Crippen MR) is 63.3 cm³/mol. The van der Waals surface area contributed by atoms with E-state index in [0.29, 0.717) is 26.1 Å². The van der Waals surface area contributed by atoms with Crippen LogP contribution in [-0.2, 0) is 19.1 Å². The molecule has 0 bridgehead atoms. The maximum absolute atomic E-state index is 11.6. The number of nitrogens with two attached hydrogens (primary N) is 1. The number of carbonyl (C=O) groups excluding carboxylic acids is 2. The number of nitrogens with one attached hydrogen (secondary N) is 1. The molecule has 0 spiro atoms. The van der Waals surface area contributed by atoms with Crippen molar-refractivity contribution < 1.29 is 19.1 Å². The number of amides is 1. The van der Waals surface area contributed by atoms with Crippen LogP contribution < -0.4 is 11.1 Å². The molecule has 6 heteroatoms. The standard InChI is InChI=1S/C11H22N2O4/c1-4-17-11(15)8(2)13-10(14)9(12)6-5-7-16-3/h8-9H,4-7,12H2,1-3H3,(H,13,14). The summed E-state index contributed by atoms with van der Waals surface area (Å²) >= 11 is 0. The van der Waals surface area contributed by atoms with E-state index in [1.165, 1.54) is 0 Å². The highest BCUT2D eigenvalue weighted by molar-refractivity contribution is 5.87. The van der Waals surface area contributed by atoms with Gasteiger partial charge in [0.1, 0.15) is 6.04 Å². The molecule has 1 amide bonds. The quantitative estimate of drug-likeness (QED) is 0.457. The molecule has 0 radical (unpaired) electrons. The number of hydrogen-bond acceptors (Lipinski definition) is 5. The molecule has 0 saturated heterocycles. The molecule has 17 heavy (non-hydrogen) atoms. The first-order chi connectivity index (χ1) is 8.02. The number of rotatable bonds is 8. The Balaban J connectivity index is 3.93. The first-order valence-electron chi connectivity index (χ1n) is 5.74. The molecule has 0 aromatic carbocycles. The Kier molecular flexibility index (Phi) is 8.35. The Labute approximate surface area is 102 Å². The van der Waals surface area contributed by atoms with E-state index in [1.807, 2.05) is 0 Å². The molecule has 0 heterocycles. The van der Waals surface area contributed by atoms with Crippen LogP contribution in [0.3, 0.4) is 0 Å². The lowest BCUT2D eigenvalue weighted by Crippen LogP contribution is -2.47. The van der Waals surface area contributed by atoms with Gasteiger partial charge in [-0.15, -0.1) is 0 Å². The van der Waals surface area contributed by atoms with Gasteiger partial charge in [0.25, 0.3) is 0 Å². The smallest absolute Gasteiger partial charge is 0.328 e. The van der Waals surface area contributed by atoms with Crippen molar-refractivity contribution in [3.05, 3.63) is 0 Å². The summed E-state index contributed by atoms with van der Waals surface area (Å²) in [6.07, 6.45) is 1.23. The second-order valence-electron chi connectivity index (χ2n) is 3.72. The fraction of sp³-hybridized carbons (Fsp3) is 0.818. The van der Waals surface area contributed by atoms with E-state index < -0.39 is 18.1 Å². The van der Waals surface area contributed by atoms with E-state index in [4.69, 9.17) is 15.2 Å². The van der Waals surface area contributed by atoms with Crippen molar-refractivity contribution in [3.8, 4) is 0 Å². The molecule has 0 rings (SSSR count).